The van der Waals surface area contributed by atoms with E-state index in [1.54, 1.807) is 11.3 Å². The molecule has 0 aliphatic heterocycles. The van der Waals surface area contributed by atoms with Crippen molar-refractivity contribution in [2.45, 2.75) is 26.7 Å². The molecule has 0 aliphatic carbocycles. The highest BCUT2D eigenvalue weighted by atomic mass is 32.1. The number of nitrogens with zero attached hydrogens (tertiary/aromatic N) is 2. The Bertz CT molecular complexity index is 193. The molecule has 0 aliphatic rings. The lowest BCUT2D eigenvalue weighted by Crippen LogP contribution is -1.83. The summed E-state index contributed by atoms with van der Waals surface area (Å²) < 4.78 is 0. The van der Waals surface area contributed by atoms with E-state index in [4.69, 9.17) is 0 Å². The van der Waals surface area contributed by atoms with Crippen LogP contribution in [0.4, 0.5) is 0 Å². The van der Waals surface area contributed by atoms with Crippen LogP contribution >= 0.6 is 11.3 Å². The van der Waals surface area contributed by atoms with Gasteiger partial charge in [0.05, 0.1) is 0 Å². The molecule has 0 aromatic carbocycles. The monoisotopic (exact) mass is 142 g/mol. The molecule has 0 saturated carbocycles. The van der Waals surface area contributed by atoms with Crippen LogP contribution in [0.25, 0.3) is 0 Å². The van der Waals surface area contributed by atoms with E-state index in [1.165, 1.54) is 0 Å². The molecule has 50 valence electrons. The lowest BCUT2D eigenvalue weighted by molar-refractivity contribution is 0.822. The van der Waals surface area contributed by atoms with E-state index >= 15 is 0 Å². The molecule has 0 fully saturated rings. The van der Waals surface area contributed by atoms with Gasteiger partial charge in [-0.2, -0.15) is 0 Å². The molecule has 0 atom stereocenters. The predicted octanol–water partition coefficient (Wildman–Crippen LogP) is 1.97. The summed E-state index contributed by atoms with van der Waals surface area (Å²) in [6.45, 7) is 6.23. The number of aromatic nitrogens is 2. The van der Waals surface area contributed by atoms with Crippen LogP contribution in [-0.2, 0) is 0 Å². The summed E-state index contributed by atoms with van der Waals surface area (Å²) in [6, 6.07) is 0. The van der Waals surface area contributed by atoms with Crippen molar-refractivity contribution in [2.75, 3.05) is 0 Å². The largest absolute Gasteiger partial charge is 0.144 e. The van der Waals surface area contributed by atoms with Crippen molar-refractivity contribution in [1.82, 2.24) is 10.2 Å². The van der Waals surface area contributed by atoms with E-state index in [0.717, 1.165) is 10.0 Å². The first kappa shape index (κ1) is 6.68. The van der Waals surface area contributed by atoms with Gasteiger partial charge >= 0.3 is 0 Å². The molecule has 1 rings (SSSR count). The van der Waals surface area contributed by atoms with Crippen molar-refractivity contribution < 1.29 is 0 Å². The van der Waals surface area contributed by atoms with Crippen LogP contribution < -0.4 is 0 Å². The number of hydrogen-bond donors (Lipinski definition) is 0. The van der Waals surface area contributed by atoms with Crippen LogP contribution in [0.2, 0.25) is 0 Å². The van der Waals surface area contributed by atoms with Crippen LogP contribution in [0.1, 0.15) is 29.8 Å². The van der Waals surface area contributed by atoms with Gasteiger partial charge in [0.1, 0.15) is 10.0 Å². The first-order valence-corrected chi connectivity index (χ1v) is 3.82. The third kappa shape index (κ3) is 1.48. The zero-order valence-electron chi connectivity index (χ0n) is 5.88. The SMILES string of the molecule is Cc1nnc(C(C)C)s1. The Morgan fingerprint density at radius 2 is 2.00 bits per heavy atom. The van der Waals surface area contributed by atoms with Gasteiger partial charge in [0.25, 0.3) is 0 Å². The van der Waals surface area contributed by atoms with E-state index in [9.17, 15) is 0 Å². The zero-order valence-corrected chi connectivity index (χ0v) is 6.70. The summed E-state index contributed by atoms with van der Waals surface area (Å²) in [5, 5.41) is 10.1. The smallest absolute Gasteiger partial charge is 0.119 e. The molecular weight excluding hydrogens is 132 g/mol. The molecule has 1 aromatic rings. The quantitative estimate of drug-likeness (QED) is 0.599. The third-order valence-corrected chi connectivity index (χ3v) is 2.17. The highest BCUT2D eigenvalue weighted by molar-refractivity contribution is 7.11. The summed E-state index contributed by atoms with van der Waals surface area (Å²) in [7, 11) is 0. The fourth-order valence-corrected chi connectivity index (χ4v) is 1.25. The van der Waals surface area contributed by atoms with Crippen molar-refractivity contribution in [3.05, 3.63) is 10.0 Å². The second kappa shape index (κ2) is 2.43. The van der Waals surface area contributed by atoms with E-state index < -0.39 is 0 Å². The topological polar surface area (TPSA) is 25.8 Å². The minimum absolute atomic E-state index is 0.524. The Balaban J connectivity index is 2.85. The fourth-order valence-electron chi connectivity index (χ4n) is 0.545. The van der Waals surface area contributed by atoms with Gasteiger partial charge in [-0.25, -0.2) is 0 Å². The van der Waals surface area contributed by atoms with Crippen molar-refractivity contribution in [1.29, 1.82) is 0 Å². The maximum Gasteiger partial charge on any atom is 0.119 e. The molecule has 0 radical (unpaired) electrons. The fraction of sp³-hybridized carbons (Fsp3) is 0.667. The molecule has 0 unspecified atom stereocenters. The summed E-state index contributed by atoms with van der Waals surface area (Å²) >= 11 is 1.67. The van der Waals surface area contributed by atoms with E-state index in [-0.39, 0.29) is 0 Å². The molecule has 0 saturated heterocycles. The number of hydrogen-bond acceptors (Lipinski definition) is 3. The van der Waals surface area contributed by atoms with Gasteiger partial charge in [-0.1, -0.05) is 13.8 Å². The van der Waals surface area contributed by atoms with Crippen LogP contribution in [0, 0.1) is 6.92 Å². The predicted molar refractivity (Wildman–Crippen MR) is 38.7 cm³/mol. The molecule has 2 nitrogen and oxygen atoms in total. The van der Waals surface area contributed by atoms with Gasteiger partial charge in [0.2, 0.25) is 0 Å². The summed E-state index contributed by atoms with van der Waals surface area (Å²) in [6.07, 6.45) is 0. The van der Waals surface area contributed by atoms with Gasteiger partial charge in [0.15, 0.2) is 0 Å². The van der Waals surface area contributed by atoms with Gasteiger partial charge in [0, 0.05) is 5.92 Å². The van der Waals surface area contributed by atoms with Gasteiger partial charge < -0.3 is 0 Å². The molecule has 0 bridgehead atoms. The second-order valence-corrected chi connectivity index (χ2v) is 3.53. The first-order chi connectivity index (χ1) is 4.20. The molecule has 1 heterocycles. The Kier molecular flexibility index (Phi) is 1.81. The second-order valence-electron chi connectivity index (χ2n) is 2.31. The van der Waals surface area contributed by atoms with Gasteiger partial charge in [-0.05, 0) is 6.92 Å². The average Bonchev–Trinajstić information content (AvgIpc) is 2.14. The van der Waals surface area contributed by atoms with Crippen LogP contribution in [0.5, 0.6) is 0 Å². The van der Waals surface area contributed by atoms with Crippen LogP contribution in [-0.4, -0.2) is 10.2 Å². The van der Waals surface area contributed by atoms with Crippen LogP contribution in [0.3, 0.4) is 0 Å². The Labute approximate surface area is 58.9 Å². The molecule has 0 amide bonds. The van der Waals surface area contributed by atoms with Crippen molar-refractivity contribution in [2.24, 2.45) is 0 Å². The van der Waals surface area contributed by atoms with E-state index in [2.05, 4.69) is 24.0 Å². The van der Waals surface area contributed by atoms with Gasteiger partial charge in [-0.15, -0.1) is 21.5 Å². The normalized spacial score (nSPS) is 10.7. The van der Waals surface area contributed by atoms with Crippen molar-refractivity contribution in [3.8, 4) is 0 Å². The lowest BCUT2D eigenvalue weighted by Gasteiger charge is -1.92. The molecule has 9 heavy (non-hydrogen) atoms. The zero-order chi connectivity index (χ0) is 6.85. The summed E-state index contributed by atoms with van der Waals surface area (Å²) in [4.78, 5) is 0. The van der Waals surface area contributed by atoms with E-state index in [0.29, 0.717) is 5.92 Å². The Morgan fingerprint density at radius 3 is 2.22 bits per heavy atom. The van der Waals surface area contributed by atoms with Gasteiger partial charge in [-0.3, -0.25) is 0 Å². The Hall–Kier alpha value is -0.440. The first-order valence-electron chi connectivity index (χ1n) is 3.00. The highest BCUT2D eigenvalue weighted by Crippen LogP contribution is 2.17. The van der Waals surface area contributed by atoms with Crippen molar-refractivity contribution in [3.63, 3.8) is 0 Å². The molecular formula is C6H10N2S. The van der Waals surface area contributed by atoms with Crippen LogP contribution in [0.15, 0.2) is 0 Å². The minimum Gasteiger partial charge on any atom is -0.144 e. The highest BCUT2D eigenvalue weighted by Gasteiger charge is 2.02. The summed E-state index contributed by atoms with van der Waals surface area (Å²) in [5.41, 5.74) is 0. The molecule has 1 aromatic heterocycles. The standard InChI is InChI=1S/C6H10N2S/c1-4(2)6-8-7-5(3)9-6/h4H,1-3H3. The summed E-state index contributed by atoms with van der Waals surface area (Å²) in [5.74, 6) is 0.524. The van der Waals surface area contributed by atoms with Crippen molar-refractivity contribution >= 4 is 11.3 Å². The maximum atomic E-state index is 3.98. The number of rotatable bonds is 1. The molecule has 0 N–H and O–H groups in total. The third-order valence-electron chi connectivity index (χ3n) is 1.04. The molecule has 0 spiro atoms. The molecule has 3 heteroatoms. The average molecular weight is 142 g/mol. The van der Waals surface area contributed by atoms with E-state index in [1.807, 2.05) is 6.92 Å². The number of aryl methyl sites for hydroxylation is 1. The maximum absolute atomic E-state index is 3.98. The Morgan fingerprint density at radius 1 is 1.33 bits per heavy atom. The lowest BCUT2D eigenvalue weighted by atomic mass is 10.2. The minimum atomic E-state index is 0.524.